The molecule has 0 unspecified atom stereocenters. The summed E-state index contributed by atoms with van der Waals surface area (Å²) in [5, 5.41) is 5.72. The predicted molar refractivity (Wildman–Crippen MR) is 88.8 cm³/mol. The number of benzene rings is 1. The van der Waals surface area contributed by atoms with Crippen molar-refractivity contribution in [1.29, 1.82) is 0 Å². The first-order valence-electron chi connectivity index (χ1n) is 7.44. The zero-order chi connectivity index (χ0) is 16.3. The van der Waals surface area contributed by atoms with Gasteiger partial charge in [0.05, 0.1) is 16.6 Å². The molecule has 24 heavy (non-hydrogen) atoms. The van der Waals surface area contributed by atoms with Crippen LogP contribution >= 0.6 is 0 Å². The molecule has 1 aromatic carbocycles. The molecule has 0 bridgehead atoms. The summed E-state index contributed by atoms with van der Waals surface area (Å²) in [5.41, 5.74) is 3.86. The van der Waals surface area contributed by atoms with E-state index in [1.165, 1.54) is 0 Å². The molecule has 0 radical (unpaired) electrons. The van der Waals surface area contributed by atoms with E-state index >= 15 is 0 Å². The molecule has 2 N–H and O–H groups in total. The highest BCUT2D eigenvalue weighted by molar-refractivity contribution is 6.26. The molecule has 0 atom stereocenters. The number of carbonyl (C=O) groups excluding carboxylic acids is 1. The number of aromatic amines is 2. The van der Waals surface area contributed by atoms with Gasteiger partial charge in [0.1, 0.15) is 0 Å². The summed E-state index contributed by atoms with van der Waals surface area (Å²) in [5.74, 6) is -0.116. The summed E-state index contributed by atoms with van der Waals surface area (Å²) < 4.78 is 0. The number of ketones is 1. The van der Waals surface area contributed by atoms with Crippen molar-refractivity contribution in [2.75, 3.05) is 0 Å². The van der Waals surface area contributed by atoms with E-state index in [2.05, 4.69) is 20.2 Å². The number of carbonyl (C=O) groups is 1. The Balaban J connectivity index is 2.01. The molecule has 0 saturated heterocycles. The van der Waals surface area contributed by atoms with Gasteiger partial charge < -0.3 is 0 Å². The lowest BCUT2D eigenvalue weighted by atomic mass is 9.96. The third-order valence-electron chi connectivity index (χ3n) is 4.32. The minimum absolute atomic E-state index is 0.116. The fraction of sp³-hybridized carbons (Fsp3) is 0. The Hall–Kier alpha value is -3.54. The number of hydrogen-bond acceptors (Lipinski definition) is 4. The van der Waals surface area contributed by atoms with Gasteiger partial charge in [-0.15, -0.1) is 0 Å². The van der Waals surface area contributed by atoms with Crippen molar-refractivity contribution >= 4 is 16.8 Å². The van der Waals surface area contributed by atoms with Crippen LogP contribution in [0.2, 0.25) is 0 Å². The quantitative estimate of drug-likeness (QED) is 0.497. The SMILES string of the molecule is O=C1c2ccccc2-c2nc3[nH][nH]c(=O)c3c(-c3cccnc3)c21. The monoisotopic (exact) mass is 314 g/mol. The van der Waals surface area contributed by atoms with Gasteiger partial charge in [0, 0.05) is 34.6 Å². The average Bonchev–Trinajstić information content (AvgIpc) is 3.14. The molecule has 5 rings (SSSR count). The van der Waals surface area contributed by atoms with Crippen LogP contribution in [0, 0.1) is 0 Å². The van der Waals surface area contributed by atoms with Gasteiger partial charge in [-0.2, -0.15) is 0 Å². The second kappa shape index (κ2) is 4.48. The average molecular weight is 314 g/mol. The Bertz CT molecular complexity index is 1190. The van der Waals surface area contributed by atoms with E-state index in [-0.39, 0.29) is 11.3 Å². The number of H-pyrrole nitrogens is 2. The molecular formula is C18H10N4O2. The number of pyridine rings is 2. The van der Waals surface area contributed by atoms with Gasteiger partial charge in [-0.3, -0.25) is 24.8 Å². The molecule has 0 saturated carbocycles. The van der Waals surface area contributed by atoms with E-state index in [0.29, 0.717) is 39.0 Å². The number of aromatic nitrogens is 4. The van der Waals surface area contributed by atoms with Gasteiger partial charge in [-0.05, 0) is 6.07 Å². The molecule has 114 valence electrons. The van der Waals surface area contributed by atoms with Gasteiger partial charge in [0.15, 0.2) is 11.4 Å². The molecular weight excluding hydrogens is 304 g/mol. The number of nitrogens with zero attached hydrogens (tertiary/aromatic N) is 2. The summed E-state index contributed by atoms with van der Waals surface area (Å²) in [7, 11) is 0. The summed E-state index contributed by atoms with van der Waals surface area (Å²) in [6, 6.07) is 11.0. The zero-order valence-electron chi connectivity index (χ0n) is 12.3. The first-order valence-corrected chi connectivity index (χ1v) is 7.44. The lowest BCUT2D eigenvalue weighted by Crippen LogP contribution is -2.05. The summed E-state index contributed by atoms with van der Waals surface area (Å²) in [6.07, 6.45) is 3.30. The number of hydrogen-bond donors (Lipinski definition) is 2. The van der Waals surface area contributed by atoms with Crippen molar-refractivity contribution in [3.05, 3.63) is 70.3 Å². The fourth-order valence-electron chi connectivity index (χ4n) is 3.31. The lowest BCUT2D eigenvalue weighted by Gasteiger charge is -2.08. The number of fused-ring (bicyclic) bond motifs is 4. The molecule has 6 nitrogen and oxygen atoms in total. The first-order chi connectivity index (χ1) is 11.8. The molecule has 1 aliphatic carbocycles. The van der Waals surface area contributed by atoms with E-state index < -0.39 is 0 Å². The summed E-state index contributed by atoms with van der Waals surface area (Å²) in [6.45, 7) is 0. The molecule has 1 aliphatic rings. The number of rotatable bonds is 1. The predicted octanol–water partition coefficient (Wildman–Crippen LogP) is 2.52. The minimum atomic E-state index is -0.303. The van der Waals surface area contributed by atoms with Gasteiger partial charge >= 0.3 is 0 Å². The van der Waals surface area contributed by atoms with E-state index in [9.17, 15) is 9.59 Å². The second-order valence-electron chi connectivity index (χ2n) is 5.63. The van der Waals surface area contributed by atoms with E-state index in [4.69, 9.17) is 0 Å². The number of nitrogens with one attached hydrogen (secondary N) is 2. The van der Waals surface area contributed by atoms with Crippen LogP contribution in [0.15, 0.2) is 53.6 Å². The maximum absolute atomic E-state index is 13.0. The zero-order valence-corrected chi connectivity index (χ0v) is 12.3. The van der Waals surface area contributed by atoms with Crippen LogP contribution in [-0.4, -0.2) is 25.9 Å². The Morgan fingerprint density at radius 1 is 0.875 bits per heavy atom. The van der Waals surface area contributed by atoms with Gasteiger partial charge in [-0.25, -0.2) is 4.98 Å². The highest BCUT2D eigenvalue weighted by Gasteiger charge is 2.33. The van der Waals surface area contributed by atoms with Crippen molar-refractivity contribution < 1.29 is 4.79 Å². The fourth-order valence-corrected chi connectivity index (χ4v) is 3.31. The highest BCUT2D eigenvalue weighted by atomic mass is 16.1. The third-order valence-corrected chi connectivity index (χ3v) is 4.32. The molecule has 0 fully saturated rings. The molecule has 3 heterocycles. The molecule has 3 aromatic heterocycles. The van der Waals surface area contributed by atoms with Gasteiger partial charge in [-0.1, -0.05) is 30.3 Å². The summed E-state index contributed by atoms with van der Waals surface area (Å²) >= 11 is 0. The van der Waals surface area contributed by atoms with Crippen molar-refractivity contribution in [2.45, 2.75) is 0 Å². The second-order valence-corrected chi connectivity index (χ2v) is 5.63. The Morgan fingerprint density at radius 2 is 1.71 bits per heavy atom. The van der Waals surface area contributed by atoms with Crippen LogP contribution in [0.5, 0.6) is 0 Å². The summed E-state index contributed by atoms with van der Waals surface area (Å²) in [4.78, 5) is 33.9. The van der Waals surface area contributed by atoms with Crippen molar-refractivity contribution in [1.82, 2.24) is 20.2 Å². The van der Waals surface area contributed by atoms with Crippen LogP contribution in [0.1, 0.15) is 15.9 Å². The minimum Gasteiger partial charge on any atom is -0.288 e. The molecule has 4 aromatic rings. The Kier molecular flexibility index (Phi) is 2.42. The van der Waals surface area contributed by atoms with Crippen LogP contribution in [0.25, 0.3) is 33.4 Å². The van der Waals surface area contributed by atoms with Gasteiger partial charge in [0.25, 0.3) is 5.56 Å². The standard InChI is InChI=1S/C18H10N4O2/c23-16-11-6-2-1-5-10(11)15-13(16)12(9-4-3-7-19-8-9)14-17(20-15)21-22-18(14)24/h1-8H,(H2,20,21,22,24). The maximum atomic E-state index is 13.0. The Labute approximate surface area is 135 Å². The highest BCUT2D eigenvalue weighted by Crippen LogP contribution is 2.42. The smallest absolute Gasteiger partial charge is 0.274 e. The maximum Gasteiger partial charge on any atom is 0.274 e. The van der Waals surface area contributed by atoms with E-state index in [1.54, 1.807) is 24.5 Å². The normalized spacial score (nSPS) is 12.4. The van der Waals surface area contributed by atoms with Crippen LogP contribution in [-0.2, 0) is 0 Å². The topological polar surface area (TPSA) is 91.5 Å². The van der Waals surface area contributed by atoms with Crippen LogP contribution < -0.4 is 5.56 Å². The lowest BCUT2D eigenvalue weighted by molar-refractivity contribution is 0.104. The third kappa shape index (κ3) is 1.54. The molecule has 6 heteroatoms. The molecule has 0 aliphatic heterocycles. The van der Waals surface area contributed by atoms with Crippen molar-refractivity contribution in [2.24, 2.45) is 0 Å². The van der Waals surface area contributed by atoms with E-state index in [1.807, 2.05) is 24.3 Å². The van der Waals surface area contributed by atoms with Crippen LogP contribution in [0.3, 0.4) is 0 Å². The molecule has 0 amide bonds. The van der Waals surface area contributed by atoms with Gasteiger partial charge in [0.2, 0.25) is 0 Å². The van der Waals surface area contributed by atoms with Crippen LogP contribution in [0.4, 0.5) is 0 Å². The van der Waals surface area contributed by atoms with Crippen molar-refractivity contribution in [3.63, 3.8) is 0 Å². The van der Waals surface area contributed by atoms with Crippen molar-refractivity contribution in [3.8, 4) is 22.4 Å². The Morgan fingerprint density at radius 3 is 2.50 bits per heavy atom. The van der Waals surface area contributed by atoms with E-state index in [0.717, 1.165) is 5.56 Å². The molecule has 0 spiro atoms. The first kappa shape index (κ1) is 13.0. The largest absolute Gasteiger partial charge is 0.288 e.